The summed E-state index contributed by atoms with van der Waals surface area (Å²) in [6, 6.07) is 5.56. The Bertz CT molecular complexity index is 954. The van der Waals surface area contributed by atoms with E-state index >= 15 is 0 Å². The van der Waals surface area contributed by atoms with E-state index in [1.165, 1.54) is 28.8 Å². The second-order valence-electron chi connectivity index (χ2n) is 5.39. The number of nitrogens with zero attached hydrogens (tertiary/aromatic N) is 6. The predicted octanol–water partition coefficient (Wildman–Crippen LogP) is 2.84. The van der Waals surface area contributed by atoms with Crippen LogP contribution in [0.3, 0.4) is 0 Å². The van der Waals surface area contributed by atoms with Crippen LogP contribution in [0.5, 0.6) is 11.5 Å². The molecule has 0 saturated heterocycles. The monoisotopic (exact) mass is 390 g/mol. The minimum Gasteiger partial charge on any atom is -0.493 e. The van der Waals surface area contributed by atoms with Gasteiger partial charge in [-0.3, -0.25) is 14.8 Å². The lowest BCUT2D eigenvalue weighted by Gasteiger charge is -2.11. The highest BCUT2D eigenvalue weighted by molar-refractivity contribution is 7.98. The lowest BCUT2D eigenvalue weighted by atomic mass is 10.2. The number of hydrogen-bond donors (Lipinski definition) is 0. The van der Waals surface area contributed by atoms with Gasteiger partial charge >= 0.3 is 5.69 Å². The van der Waals surface area contributed by atoms with Gasteiger partial charge in [-0.1, -0.05) is 11.8 Å². The summed E-state index contributed by atoms with van der Waals surface area (Å²) in [6.45, 7) is 2.66. The van der Waals surface area contributed by atoms with E-state index in [4.69, 9.17) is 9.47 Å². The number of nitro groups is 1. The molecule has 0 N–H and O–H groups in total. The molecule has 0 radical (unpaired) electrons. The topological polar surface area (TPSA) is 110 Å². The molecule has 0 atom stereocenters. The molecule has 142 valence electrons. The average Bonchev–Trinajstić information content (AvgIpc) is 3.32. The normalized spacial score (nSPS) is 10.8. The molecule has 0 aliphatic rings. The standard InChI is InChI=1S/C16H18N6O4S/c1-4-21-15(11-5-6-13(25-2)14(7-11)26-3)18-19-16(21)27-10-20-9-12(8-17-20)22(23)24/h5-9H,4,10H2,1-3H3. The van der Waals surface area contributed by atoms with Gasteiger partial charge in [0.25, 0.3) is 0 Å². The molecule has 0 aliphatic heterocycles. The molecule has 27 heavy (non-hydrogen) atoms. The highest BCUT2D eigenvalue weighted by Crippen LogP contribution is 2.33. The molecule has 2 heterocycles. The zero-order chi connectivity index (χ0) is 19.4. The third-order valence-electron chi connectivity index (χ3n) is 3.83. The highest BCUT2D eigenvalue weighted by Gasteiger charge is 2.16. The third kappa shape index (κ3) is 3.87. The van der Waals surface area contributed by atoms with Crippen molar-refractivity contribution in [2.45, 2.75) is 24.5 Å². The number of hydrogen-bond acceptors (Lipinski definition) is 8. The summed E-state index contributed by atoms with van der Waals surface area (Å²) in [5, 5.41) is 24.0. The first-order valence-electron chi connectivity index (χ1n) is 8.02. The smallest absolute Gasteiger partial charge is 0.307 e. The lowest BCUT2D eigenvalue weighted by molar-refractivity contribution is -0.385. The van der Waals surface area contributed by atoms with Gasteiger partial charge in [-0.2, -0.15) is 5.10 Å². The van der Waals surface area contributed by atoms with Gasteiger partial charge in [0, 0.05) is 12.1 Å². The molecule has 0 saturated carbocycles. The van der Waals surface area contributed by atoms with Crippen LogP contribution in [0.15, 0.2) is 35.7 Å². The van der Waals surface area contributed by atoms with Gasteiger partial charge in [-0.15, -0.1) is 10.2 Å². The fourth-order valence-corrected chi connectivity index (χ4v) is 3.37. The van der Waals surface area contributed by atoms with Gasteiger partial charge in [0.1, 0.15) is 12.4 Å². The van der Waals surface area contributed by atoms with Crippen molar-refractivity contribution in [2.75, 3.05) is 14.2 Å². The summed E-state index contributed by atoms with van der Waals surface area (Å²) in [5.41, 5.74) is 0.808. The molecular weight excluding hydrogens is 372 g/mol. The van der Waals surface area contributed by atoms with E-state index in [2.05, 4.69) is 15.3 Å². The van der Waals surface area contributed by atoms with Gasteiger partial charge in [0.15, 0.2) is 22.5 Å². The zero-order valence-electron chi connectivity index (χ0n) is 15.0. The molecule has 2 aromatic heterocycles. The first kappa shape index (κ1) is 18.7. The third-order valence-corrected chi connectivity index (χ3v) is 4.79. The van der Waals surface area contributed by atoms with Gasteiger partial charge in [0.05, 0.1) is 25.0 Å². The van der Waals surface area contributed by atoms with E-state index in [0.717, 1.165) is 5.56 Å². The Kier molecular flexibility index (Phi) is 5.60. The van der Waals surface area contributed by atoms with Crippen LogP contribution in [0.4, 0.5) is 5.69 Å². The summed E-state index contributed by atoms with van der Waals surface area (Å²) >= 11 is 1.39. The first-order chi connectivity index (χ1) is 13.1. The van der Waals surface area contributed by atoms with Crippen LogP contribution in [0, 0.1) is 10.1 Å². The molecule has 0 spiro atoms. The van der Waals surface area contributed by atoms with E-state index in [1.807, 2.05) is 29.7 Å². The summed E-state index contributed by atoms with van der Waals surface area (Å²) < 4.78 is 14.1. The quantitative estimate of drug-likeness (QED) is 0.328. The molecule has 0 unspecified atom stereocenters. The molecule has 0 amide bonds. The first-order valence-corrected chi connectivity index (χ1v) is 9.01. The van der Waals surface area contributed by atoms with E-state index in [0.29, 0.717) is 34.9 Å². The summed E-state index contributed by atoms with van der Waals surface area (Å²) in [6.07, 6.45) is 2.61. The largest absolute Gasteiger partial charge is 0.493 e. The van der Waals surface area contributed by atoms with Crippen molar-refractivity contribution in [1.82, 2.24) is 24.5 Å². The predicted molar refractivity (Wildman–Crippen MR) is 99.0 cm³/mol. The van der Waals surface area contributed by atoms with Crippen LogP contribution >= 0.6 is 11.8 Å². The molecular formula is C16H18N6O4S. The number of thioether (sulfide) groups is 1. The van der Waals surface area contributed by atoms with Crippen LogP contribution in [0.25, 0.3) is 11.4 Å². The van der Waals surface area contributed by atoms with E-state index in [1.54, 1.807) is 14.2 Å². The van der Waals surface area contributed by atoms with Gasteiger partial charge in [0.2, 0.25) is 0 Å². The molecule has 1 aromatic carbocycles. The van der Waals surface area contributed by atoms with E-state index < -0.39 is 4.92 Å². The maximum atomic E-state index is 10.7. The van der Waals surface area contributed by atoms with Crippen molar-refractivity contribution >= 4 is 17.4 Å². The number of rotatable bonds is 8. The Balaban J connectivity index is 1.83. The number of benzene rings is 1. The zero-order valence-corrected chi connectivity index (χ0v) is 15.8. The summed E-state index contributed by atoms with van der Waals surface area (Å²) in [4.78, 5) is 10.3. The highest BCUT2D eigenvalue weighted by atomic mass is 32.2. The van der Waals surface area contributed by atoms with Crippen molar-refractivity contribution in [3.8, 4) is 22.9 Å². The molecule has 0 fully saturated rings. The van der Waals surface area contributed by atoms with Crippen molar-refractivity contribution in [1.29, 1.82) is 0 Å². The molecule has 0 aliphatic carbocycles. The van der Waals surface area contributed by atoms with Crippen molar-refractivity contribution < 1.29 is 14.4 Å². The number of aromatic nitrogens is 5. The van der Waals surface area contributed by atoms with E-state index in [9.17, 15) is 10.1 Å². The van der Waals surface area contributed by atoms with Crippen molar-refractivity contribution in [2.24, 2.45) is 0 Å². The van der Waals surface area contributed by atoms with Crippen molar-refractivity contribution in [3.63, 3.8) is 0 Å². The maximum Gasteiger partial charge on any atom is 0.307 e. The molecule has 3 rings (SSSR count). The van der Waals surface area contributed by atoms with Crippen LogP contribution in [-0.2, 0) is 12.4 Å². The van der Waals surface area contributed by atoms with Gasteiger partial charge in [-0.05, 0) is 25.1 Å². The minimum absolute atomic E-state index is 0.0430. The summed E-state index contributed by atoms with van der Waals surface area (Å²) in [7, 11) is 3.16. The van der Waals surface area contributed by atoms with Crippen LogP contribution in [-0.4, -0.2) is 43.7 Å². The lowest BCUT2D eigenvalue weighted by Crippen LogP contribution is -2.02. The molecule has 3 aromatic rings. The van der Waals surface area contributed by atoms with Gasteiger partial charge < -0.3 is 14.0 Å². The second kappa shape index (κ2) is 8.08. The molecule has 11 heteroatoms. The maximum absolute atomic E-state index is 10.7. The average molecular weight is 390 g/mol. The Morgan fingerprint density at radius 2 is 2.00 bits per heavy atom. The SMILES string of the molecule is CCn1c(SCn2cc([N+](=O)[O-])cn2)nnc1-c1ccc(OC)c(OC)c1. The van der Waals surface area contributed by atoms with Crippen LogP contribution < -0.4 is 9.47 Å². The van der Waals surface area contributed by atoms with E-state index in [-0.39, 0.29) is 5.69 Å². The molecule has 10 nitrogen and oxygen atoms in total. The van der Waals surface area contributed by atoms with Crippen molar-refractivity contribution in [3.05, 3.63) is 40.7 Å². The number of ether oxygens (including phenoxy) is 2. The fraction of sp³-hybridized carbons (Fsp3) is 0.312. The Labute approximate surface area is 159 Å². The fourth-order valence-electron chi connectivity index (χ4n) is 2.51. The van der Waals surface area contributed by atoms with Crippen LogP contribution in [0.2, 0.25) is 0 Å². The van der Waals surface area contributed by atoms with Crippen LogP contribution in [0.1, 0.15) is 6.92 Å². The minimum atomic E-state index is -0.474. The second-order valence-corrected chi connectivity index (χ2v) is 6.30. The Morgan fingerprint density at radius 3 is 2.63 bits per heavy atom. The molecule has 0 bridgehead atoms. The Hall–Kier alpha value is -3.08. The van der Waals surface area contributed by atoms with Gasteiger partial charge in [-0.25, -0.2) is 0 Å². The summed E-state index contributed by atoms with van der Waals surface area (Å²) in [5.74, 6) is 2.34. The Morgan fingerprint density at radius 1 is 1.22 bits per heavy atom. The number of methoxy groups -OCH3 is 2.